The van der Waals surface area contributed by atoms with Gasteiger partial charge < -0.3 is 5.11 Å². The Bertz CT molecular complexity index is 1040. The van der Waals surface area contributed by atoms with Crippen molar-refractivity contribution in [2.24, 2.45) is 17.3 Å². The molecule has 169 valence electrons. The number of rotatable bonds is 2. The fourth-order valence-electron chi connectivity index (χ4n) is 7.23. The van der Waals surface area contributed by atoms with Crippen LogP contribution in [0.3, 0.4) is 0 Å². The number of hydrogen-bond donors (Lipinski definition) is 1. The van der Waals surface area contributed by atoms with Gasteiger partial charge in [-0.25, -0.2) is 0 Å². The molecule has 5 heteroatoms. The van der Waals surface area contributed by atoms with Crippen LogP contribution in [0.15, 0.2) is 47.1 Å². The Labute approximate surface area is 202 Å². The van der Waals surface area contributed by atoms with Crippen LogP contribution in [-0.2, 0) is 25.2 Å². The molecule has 0 saturated heterocycles. The Balaban J connectivity index is 0.00000245. The first kappa shape index (κ1) is 23.6. The topological polar surface area (TPSA) is 37.3 Å². The summed E-state index contributed by atoms with van der Waals surface area (Å²) in [6.07, 6.45) is 10.8. The molecule has 0 aliphatic heterocycles. The van der Waals surface area contributed by atoms with Gasteiger partial charge in [-0.1, -0.05) is 12.5 Å². The minimum Gasteiger partial charge on any atom is -0.382 e. The van der Waals surface area contributed by atoms with Crippen molar-refractivity contribution in [1.29, 1.82) is 0 Å². The molecule has 5 rings (SSSR count). The summed E-state index contributed by atoms with van der Waals surface area (Å²) in [7, 11) is 0. The van der Waals surface area contributed by atoms with Crippen LogP contribution in [0, 0.1) is 35.7 Å². The molecule has 1 aromatic rings. The molecule has 0 heterocycles. The van der Waals surface area contributed by atoms with Gasteiger partial charge in [-0.2, -0.15) is 44.7 Å². The smallest absolute Gasteiger partial charge is 0.336 e. The minimum atomic E-state index is -3.58. The molecule has 1 aromatic carbocycles. The van der Waals surface area contributed by atoms with E-state index in [0.717, 1.165) is 30.4 Å². The van der Waals surface area contributed by atoms with Crippen LogP contribution < -0.4 is 0 Å². The third-order valence-corrected chi connectivity index (χ3v) is 8.73. The van der Waals surface area contributed by atoms with Crippen molar-refractivity contribution in [3.05, 3.63) is 58.7 Å². The number of halogens is 2. The second-order valence-corrected chi connectivity index (χ2v) is 9.95. The summed E-state index contributed by atoms with van der Waals surface area (Å²) < 4.78 is 29.9. The van der Waals surface area contributed by atoms with E-state index in [-0.39, 0.29) is 50.4 Å². The van der Waals surface area contributed by atoms with Gasteiger partial charge in [0.25, 0.3) is 0 Å². The van der Waals surface area contributed by atoms with Gasteiger partial charge in [0, 0.05) is 32.3 Å². The zero-order valence-corrected chi connectivity index (χ0v) is 20.9. The van der Waals surface area contributed by atoms with E-state index in [4.69, 9.17) is 6.42 Å². The molecule has 32 heavy (non-hydrogen) atoms. The first-order valence-electron chi connectivity index (χ1n) is 11.2. The summed E-state index contributed by atoms with van der Waals surface area (Å²) in [5.41, 5.74) is 1.55. The third kappa shape index (κ3) is 3.14. The number of alkyl halides is 2. The standard InChI is InChI=1S/C27H27F2O2.Re/c1-3-27(28,29)26(31)14-13-23-21-11-9-18-15-19(30)10-12-20(18)24(21)22(16-25(23,26)2)17-7-5-4-6-8-17;/h1,5-8,15,21-23,31H,9-14,16H2,2H3;/q-1;/t21?,22-,23?,25+,26+;/m1./s1. The van der Waals surface area contributed by atoms with E-state index in [2.05, 4.69) is 6.07 Å². The van der Waals surface area contributed by atoms with E-state index in [1.807, 2.05) is 31.2 Å². The number of hydrogen-bond acceptors (Lipinski definition) is 2. The summed E-state index contributed by atoms with van der Waals surface area (Å²) in [6, 6.07) is 10.7. The van der Waals surface area contributed by atoms with Crippen LogP contribution in [0.4, 0.5) is 8.78 Å². The molecule has 2 saturated carbocycles. The number of benzene rings is 1. The number of aliphatic hydroxyl groups is 1. The van der Waals surface area contributed by atoms with Crippen molar-refractivity contribution < 1.29 is 39.1 Å². The third-order valence-electron chi connectivity index (χ3n) is 8.73. The molecule has 2 fully saturated rings. The number of carbonyl (C=O) groups is 1. The molecule has 4 aliphatic rings. The van der Waals surface area contributed by atoms with Gasteiger partial charge in [-0.05, 0) is 79.4 Å². The SMILES string of the molecule is C#CC(F)(F)[C@]1(O)CCC2C3CCC4=CC(=O)CCC4=C3[C@@H](c3cc[c-]cc3)C[C@@]21C.[Re]. The van der Waals surface area contributed by atoms with E-state index >= 15 is 0 Å². The van der Waals surface area contributed by atoms with Crippen LogP contribution in [0.5, 0.6) is 0 Å². The van der Waals surface area contributed by atoms with Crippen LogP contribution in [0.2, 0.25) is 0 Å². The van der Waals surface area contributed by atoms with Gasteiger partial charge in [0.2, 0.25) is 0 Å². The molecule has 0 amide bonds. The van der Waals surface area contributed by atoms with Crippen molar-refractivity contribution in [2.45, 2.75) is 69.3 Å². The predicted octanol–water partition coefficient (Wildman–Crippen LogP) is 5.38. The Hall–Kier alpha value is -1.59. The van der Waals surface area contributed by atoms with E-state index in [9.17, 15) is 18.7 Å². The van der Waals surface area contributed by atoms with Crippen molar-refractivity contribution in [3.8, 4) is 12.3 Å². The number of terminal acetylenes is 1. The Morgan fingerprint density at radius 3 is 2.62 bits per heavy atom. The maximum atomic E-state index is 15.0. The second-order valence-electron chi connectivity index (χ2n) is 9.95. The van der Waals surface area contributed by atoms with Crippen molar-refractivity contribution >= 4 is 5.78 Å². The van der Waals surface area contributed by atoms with E-state index < -0.39 is 16.9 Å². The predicted molar refractivity (Wildman–Crippen MR) is 114 cm³/mol. The molecular formula is C27H27F2O2Re-. The van der Waals surface area contributed by atoms with Gasteiger partial charge in [-0.15, -0.1) is 6.42 Å². The molecule has 5 atom stereocenters. The summed E-state index contributed by atoms with van der Waals surface area (Å²) >= 11 is 0. The molecule has 0 spiro atoms. The summed E-state index contributed by atoms with van der Waals surface area (Å²) in [5, 5.41) is 11.4. The van der Waals surface area contributed by atoms with Crippen molar-refractivity contribution in [1.82, 2.24) is 0 Å². The number of fused-ring (bicyclic) bond motifs is 4. The molecule has 2 nitrogen and oxygen atoms in total. The zero-order valence-electron chi connectivity index (χ0n) is 18.1. The minimum absolute atomic E-state index is 0. The van der Waals surface area contributed by atoms with E-state index in [0.29, 0.717) is 19.3 Å². The van der Waals surface area contributed by atoms with Crippen LogP contribution >= 0.6 is 0 Å². The molecule has 0 aromatic heterocycles. The summed E-state index contributed by atoms with van der Waals surface area (Å²) in [5.74, 6) is -1.80. The van der Waals surface area contributed by atoms with Gasteiger partial charge in [0.05, 0.1) is 0 Å². The molecule has 1 radical (unpaired) electrons. The maximum Gasteiger partial charge on any atom is 0.336 e. The van der Waals surface area contributed by atoms with E-state index in [1.54, 1.807) is 12.0 Å². The first-order valence-corrected chi connectivity index (χ1v) is 11.2. The van der Waals surface area contributed by atoms with Gasteiger partial charge in [0.1, 0.15) is 5.60 Å². The second kappa shape index (κ2) is 8.02. The number of allylic oxidation sites excluding steroid dienone is 4. The number of carbonyl (C=O) groups excluding carboxylic acids is 1. The van der Waals surface area contributed by atoms with Gasteiger partial charge in [0.15, 0.2) is 5.78 Å². The average molecular weight is 608 g/mol. The van der Waals surface area contributed by atoms with Gasteiger partial charge in [-0.3, -0.25) is 4.79 Å². The summed E-state index contributed by atoms with van der Waals surface area (Å²) in [6.45, 7) is 1.83. The monoisotopic (exact) mass is 608 g/mol. The normalized spacial score (nSPS) is 36.3. The average Bonchev–Trinajstić information content (AvgIpc) is 3.05. The molecule has 1 N–H and O–H groups in total. The fraction of sp³-hybridized carbons (Fsp3) is 0.519. The Kier molecular flexibility index (Phi) is 5.91. The summed E-state index contributed by atoms with van der Waals surface area (Å²) in [4.78, 5) is 12.1. The van der Waals surface area contributed by atoms with Gasteiger partial charge >= 0.3 is 5.92 Å². The maximum absolute atomic E-state index is 15.0. The molecule has 2 unspecified atom stereocenters. The zero-order chi connectivity index (χ0) is 22.0. The van der Waals surface area contributed by atoms with Crippen LogP contribution in [0.25, 0.3) is 0 Å². The number of ketones is 1. The van der Waals surface area contributed by atoms with E-state index in [1.165, 1.54) is 11.1 Å². The van der Waals surface area contributed by atoms with Crippen molar-refractivity contribution in [3.63, 3.8) is 0 Å². The van der Waals surface area contributed by atoms with Crippen LogP contribution in [-0.4, -0.2) is 22.4 Å². The van der Waals surface area contributed by atoms with Crippen molar-refractivity contribution in [2.75, 3.05) is 0 Å². The Morgan fingerprint density at radius 1 is 1.22 bits per heavy atom. The first-order chi connectivity index (χ1) is 14.7. The molecule has 0 bridgehead atoms. The molecular weight excluding hydrogens is 580 g/mol. The fourth-order valence-corrected chi connectivity index (χ4v) is 7.23. The largest absolute Gasteiger partial charge is 0.382 e. The quantitative estimate of drug-likeness (QED) is 0.362. The Morgan fingerprint density at radius 2 is 1.94 bits per heavy atom. The van der Waals surface area contributed by atoms with Crippen LogP contribution in [0.1, 0.15) is 63.4 Å². The molecule has 4 aliphatic carbocycles.